The van der Waals surface area contributed by atoms with Crippen LogP contribution in [0.15, 0.2) is 42.5 Å². The number of carbonyl (C=O) groups excluding carboxylic acids is 1. The SMILES string of the molecule is O=C(Cc1ccc([N+](=O)[O-])cc1)N1CCCC1c1ccc2c(c1)OCCO2. The molecule has 4 rings (SSSR count). The van der Waals surface area contributed by atoms with E-state index in [2.05, 4.69) is 0 Å². The van der Waals surface area contributed by atoms with Gasteiger partial charge in [0.15, 0.2) is 11.5 Å². The number of ether oxygens (including phenoxy) is 2. The Morgan fingerprint density at radius 2 is 1.85 bits per heavy atom. The molecule has 1 atom stereocenters. The van der Waals surface area contributed by atoms with Crippen LogP contribution in [0.3, 0.4) is 0 Å². The molecule has 2 aromatic rings. The lowest BCUT2D eigenvalue weighted by Crippen LogP contribution is -2.32. The van der Waals surface area contributed by atoms with Gasteiger partial charge in [0.1, 0.15) is 13.2 Å². The van der Waals surface area contributed by atoms with Crippen LogP contribution in [0.25, 0.3) is 0 Å². The lowest BCUT2D eigenvalue weighted by Gasteiger charge is -2.27. The van der Waals surface area contributed by atoms with Gasteiger partial charge in [-0.1, -0.05) is 18.2 Å². The molecular weight excluding hydrogens is 348 g/mol. The van der Waals surface area contributed by atoms with Gasteiger partial charge >= 0.3 is 0 Å². The van der Waals surface area contributed by atoms with Crippen LogP contribution >= 0.6 is 0 Å². The molecule has 0 bridgehead atoms. The first-order valence-electron chi connectivity index (χ1n) is 9.04. The van der Waals surface area contributed by atoms with E-state index in [0.29, 0.717) is 19.8 Å². The number of rotatable bonds is 4. The second kappa shape index (κ2) is 7.26. The summed E-state index contributed by atoms with van der Waals surface area (Å²) in [5.41, 5.74) is 1.86. The summed E-state index contributed by atoms with van der Waals surface area (Å²) in [6.45, 7) is 1.80. The van der Waals surface area contributed by atoms with Crippen LogP contribution in [0.4, 0.5) is 5.69 Å². The highest BCUT2D eigenvalue weighted by Gasteiger charge is 2.30. The molecule has 140 valence electrons. The number of amides is 1. The molecule has 7 nitrogen and oxygen atoms in total. The molecular formula is C20H20N2O5. The molecule has 1 fully saturated rings. The minimum atomic E-state index is -0.440. The predicted molar refractivity (Wildman–Crippen MR) is 97.9 cm³/mol. The molecule has 27 heavy (non-hydrogen) atoms. The highest BCUT2D eigenvalue weighted by Crippen LogP contribution is 2.38. The standard InChI is InChI=1S/C20H20N2O5/c23-20(12-14-3-6-16(7-4-14)22(24)25)21-9-1-2-17(21)15-5-8-18-19(13-15)27-11-10-26-18/h3-8,13,17H,1-2,9-12H2. The average molecular weight is 368 g/mol. The van der Waals surface area contributed by atoms with Crippen molar-refractivity contribution in [2.24, 2.45) is 0 Å². The third-order valence-electron chi connectivity index (χ3n) is 5.03. The number of benzene rings is 2. The summed E-state index contributed by atoms with van der Waals surface area (Å²) in [6, 6.07) is 12.0. The Morgan fingerprint density at radius 1 is 1.11 bits per heavy atom. The first-order valence-corrected chi connectivity index (χ1v) is 9.04. The summed E-state index contributed by atoms with van der Waals surface area (Å²) < 4.78 is 11.2. The van der Waals surface area contributed by atoms with Crippen molar-refractivity contribution in [2.75, 3.05) is 19.8 Å². The van der Waals surface area contributed by atoms with Gasteiger partial charge in [0.05, 0.1) is 17.4 Å². The third-order valence-corrected chi connectivity index (χ3v) is 5.03. The van der Waals surface area contributed by atoms with Crippen LogP contribution in [-0.4, -0.2) is 35.5 Å². The summed E-state index contributed by atoms with van der Waals surface area (Å²) in [4.78, 5) is 25.1. The molecule has 1 amide bonds. The molecule has 0 aromatic heterocycles. The molecule has 2 aromatic carbocycles. The monoisotopic (exact) mass is 368 g/mol. The van der Waals surface area contributed by atoms with E-state index in [0.717, 1.165) is 35.5 Å². The minimum absolute atomic E-state index is 0.0198. The topological polar surface area (TPSA) is 81.9 Å². The van der Waals surface area contributed by atoms with E-state index in [1.54, 1.807) is 12.1 Å². The molecule has 0 N–H and O–H groups in total. The Balaban J connectivity index is 1.49. The van der Waals surface area contributed by atoms with Crippen LogP contribution in [0.2, 0.25) is 0 Å². The maximum absolute atomic E-state index is 12.8. The van der Waals surface area contributed by atoms with Crippen LogP contribution in [0.1, 0.15) is 30.0 Å². The van der Waals surface area contributed by atoms with Crippen molar-refractivity contribution in [1.82, 2.24) is 4.90 Å². The van der Waals surface area contributed by atoms with Crippen LogP contribution in [-0.2, 0) is 11.2 Å². The number of nitrogens with zero attached hydrogens (tertiary/aromatic N) is 2. The summed E-state index contributed by atoms with van der Waals surface area (Å²) in [5, 5.41) is 10.8. The van der Waals surface area contributed by atoms with Crippen molar-refractivity contribution in [2.45, 2.75) is 25.3 Å². The lowest BCUT2D eigenvalue weighted by molar-refractivity contribution is -0.384. The van der Waals surface area contributed by atoms with Crippen molar-refractivity contribution in [3.8, 4) is 11.5 Å². The maximum Gasteiger partial charge on any atom is 0.269 e. The lowest BCUT2D eigenvalue weighted by atomic mass is 10.0. The number of hydrogen-bond acceptors (Lipinski definition) is 5. The number of non-ortho nitro benzene ring substituents is 1. The van der Waals surface area contributed by atoms with Gasteiger partial charge in [-0.3, -0.25) is 14.9 Å². The number of nitro groups is 1. The second-order valence-corrected chi connectivity index (χ2v) is 6.75. The quantitative estimate of drug-likeness (QED) is 0.611. The van der Waals surface area contributed by atoms with Crippen LogP contribution < -0.4 is 9.47 Å². The summed E-state index contributed by atoms with van der Waals surface area (Å²) in [7, 11) is 0. The van der Waals surface area contributed by atoms with Gasteiger partial charge in [-0.15, -0.1) is 0 Å². The van der Waals surface area contributed by atoms with Crippen molar-refractivity contribution in [1.29, 1.82) is 0 Å². The number of likely N-dealkylation sites (tertiary alicyclic amines) is 1. The molecule has 0 aliphatic carbocycles. The van der Waals surface area contributed by atoms with Gasteiger partial charge in [0.2, 0.25) is 5.91 Å². The molecule has 7 heteroatoms. The van der Waals surface area contributed by atoms with Crippen molar-refractivity contribution < 1.29 is 19.2 Å². The number of nitro benzene ring substituents is 1. The van der Waals surface area contributed by atoms with E-state index in [4.69, 9.17) is 9.47 Å². The zero-order chi connectivity index (χ0) is 18.8. The molecule has 0 radical (unpaired) electrons. The van der Waals surface area contributed by atoms with Crippen molar-refractivity contribution in [3.05, 3.63) is 63.7 Å². The average Bonchev–Trinajstić information content (AvgIpc) is 3.18. The zero-order valence-electron chi connectivity index (χ0n) is 14.8. The molecule has 2 aliphatic heterocycles. The Morgan fingerprint density at radius 3 is 2.59 bits per heavy atom. The fraction of sp³-hybridized carbons (Fsp3) is 0.350. The number of hydrogen-bond donors (Lipinski definition) is 0. The molecule has 2 heterocycles. The molecule has 0 spiro atoms. The summed E-state index contributed by atoms with van der Waals surface area (Å²) in [6.07, 6.45) is 2.09. The molecule has 1 unspecified atom stereocenters. The van der Waals surface area contributed by atoms with E-state index in [-0.39, 0.29) is 24.1 Å². The van der Waals surface area contributed by atoms with Crippen molar-refractivity contribution in [3.63, 3.8) is 0 Å². The maximum atomic E-state index is 12.8. The van der Waals surface area contributed by atoms with E-state index >= 15 is 0 Å². The third kappa shape index (κ3) is 3.58. The first-order chi connectivity index (χ1) is 13.1. The summed E-state index contributed by atoms with van der Waals surface area (Å²) >= 11 is 0. The Bertz CT molecular complexity index is 865. The van der Waals surface area contributed by atoms with Gasteiger partial charge in [0, 0.05) is 18.7 Å². The van der Waals surface area contributed by atoms with Crippen molar-refractivity contribution >= 4 is 11.6 Å². The Kier molecular flexibility index (Phi) is 4.66. The van der Waals surface area contributed by atoms with E-state index in [1.807, 2.05) is 23.1 Å². The van der Waals surface area contributed by atoms with Gasteiger partial charge in [-0.2, -0.15) is 0 Å². The van der Waals surface area contributed by atoms with Gasteiger partial charge in [-0.05, 0) is 36.1 Å². The fourth-order valence-corrected chi connectivity index (χ4v) is 3.69. The Labute approximate surface area is 156 Å². The van der Waals surface area contributed by atoms with E-state index < -0.39 is 4.92 Å². The zero-order valence-corrected chi connectivity index (χ0v) is 14.8. The first kappa shape index (κ1) is 17.3. The normalized spacial score (nSPS) is 18.4. The van der Waals surface area contributed by atoms with Gasteiger partial charge in [-0.25, -0.2) is 0 Å². The highest BCUT2D eigenvalue weighted by molar-refractivity contribution is 5.79. The van der Waals surface area contributed by atoms with Gasteiger partial charge in [0.25, 0.3) is 5.69 Å². The minimum Gasteiger partial charge on any atom is -0.486 e. The van der Waals surface area contributed by atoms with E-state index in [1.165, 1.54) is 12.1 Å². The second-order valence-electron chi connectivity index (χ2n) is 6.75. The number of carbonyl (C=O) groups is 1. The predicted octanol–water partition coefficient (Wildman–Crippen LogP) is 3.27. The molecule has 0 saturated carbocycles. The fourth-order valence-electron chi connectivity index (χ4n) is 3.69. The van der Waals surface area contributed by atoms with E-state index in [9.17, 15) is 14.9 Å². The molecule has 2 aliphatic rings. The highest BCUT2D eigenvalue weighted by atomic mass is 16.6. The number of fused-ring (bicyclic) bond motifs is 1. The van der Waals surface area contributed by atoms with Gasteiger partial charge < -0.3 is 14.4 Å². The summed E-state index contributed by atoms with van der Waals surface area (Å²) in [5.74, 6) is 1.50. The smallest absolute Gasteiger partial charge is 0.269 e. The van der Waals surface area contributed by atoms with Crippen LogP contribution in [0.5, 0.6) is 11.5 Å². The Hall–Kier alpha value is -3.09. The largest absolute Gasteiger partial charge is 0.486 e. The van der Waals surface area contributed by atoms with Crippen LogP contribution in [0, 0.1) is 10.1 Å². The molecule has 1 saturated heterocycles.